The van der Waals surface area contributed by atoms with E-state index in [-0.39, 0.29) is 0 Å². The van der Waals surface area contributed by atoms with Crippen molar-refractivity contribution in [3.8, 4) is 11.1 Å². The number of nitrogens with zero attached hydrogens (tertiary/aromatic N) is 3. The highest BCUT2D eigenvalue weighted by Crippen LogP contribution is 2.34. The molecule has 0 bridgehead atoms. The molecule has 6 heteroatoms. The molecule has 0 amide bonds. The molecule has 1 aromatic heterocycles. The summed E-state index contributed by atoms with van der Waals surface area (Å²) in [6, 6.07) is 9.36. The van der Waals surface area contributed by atoms with Crippen LogP contribution in [0.25, 0.3) is 17.2 Å². The topological polar surface area (TPSA) is 48.5 Å². The zero-order valence-electron chi connectivity index (χ0n) is 19.9. The van der Waals surface area contributed by atoms with E-state index in [9.17, 15) is 4.21 Å². The number of unbranched alkanes of at least 4 members (excludes halogenated alkanes) is 1. The second kappa shape index (κ2) is 10.2. The highest BCUT2D eigenvalue weighted by atomic mass is 32.2. The third-order valence-corrected chi connectivity index (χ3v) is 7.97. The van der Waals surface area contributed by atoms with E-state index in [4.69, 9.17) is 0 Å². The summed E-state index contributed by atoms with van der Waals surface area (Å²) in [4.78, 5) is 6.78. The zero-order chi connectivity index (χ0) is 22.7. The Morgan fingerprint density at radius 3 is 2.47 bits per heavy atom. The van der Waals surface area contributed by atoms with Gasteiger partial charge in [-0.1, -0.05) is 13.3 Å². The standard InChI is InChI=1S/C26H36N4OS/c1-5-6-13-32(31)30-11-8-24(9-12-30)28-26-17-23(22-14-19(2)27-20(3)15-22)16-21-7-10-29(4)18-25(21)26/h7,10,14-17,24,28H,5-6,8-9,11-13,18H2,1-4H3. The number of nitrogens with one attached hydrogen (secondary N) is 1. The van der Waals surface area contributed by atoms with E-state index in [1.807, 2.05) is 0 Å². The number of rotatable bonds is 7. The molecule has 0 spiro atoms. The van der Waals surface area contributed by atoms with Gasteiger partial charge in [0.1, 0.15) is 0 Å². The molecule has 1 atom stereocenters. The fraction of sp³-hybridized carbons (Fsp3) is 0.500. The van der Waals surface area contributed by atoms with Crippen LogP contribution < -0.4 is 5.32 Å². The maximum absolute atomic E-state index is 12.5. The normalized spacial score (nSPS) is 17.9. The summed E-state index contributed by atoms with van der Waals surface area (Å²) in [6.45, 7) is 8.98. The van der Waals surface area contributed by atoms with Gasteiger partial charge in [-0.25, -0.2) is 8.51 Å². The number of fused-ring (bicyclic) bond motifs is 1. The van der Waals surface area contributed by atoms with Crippen LogP contribution >= 0.6 is 0 Å². The zero-order valence-corrected chi connectivity index (χ0v) is 20.7. The lowest BCUT2D eigenvalue weighted by Gasteiger charge is -2.33. The first-order valence-corrected chi connectivity index (χ1v) is 13.1. The summed E-state index contributed by atoms with van der Waals surface area (Å²) in [5, 5.41) is 3.87. The fourth-order valence-corrected chi connectivity index (χ4v) is 6.06. The van der Waals surface area contributed by atoms with E-state index in [2.05, 4.69) is 83.9 Å². The predicted octanol–water partition coefficient (Wildman–Crippen LogP) is 5.12. The van der Waals surface area contributed by atoms with E-state index in [0.717, 1.165) is 62.5 Å². The molecule has 3 heterocycles. The number of hydrogen-bond acceptors (Lipinski definition) is 4. The first-order valence-electron chi connectivity index (χ1n) is 11.8. The van der Waals surface area contributed by atoms with Crippen molar-refractivity contribution < 1.29 is 4.21 Å². The van der Waals surface area contributed by atoms with Crippen molar-refractivity contribution in [1.82, 2.24) is 14.2 Å². The van der Waals surface area contributed by atoms with Crippen LogP contribution in [0.15, 0.2) is 30.5 Å². The van der Waals surface area contributed by atoms with Crippen LogP contribution in [-0.2, 0) is 17.5 Å². The second-order valence-electron chi connectivity index (χ2n) is 9.19. The van der Waals surface area contributed by atoms with Crippen molar-refractivity contribution in [2.75, 3.05) is 31.2 Å². The number of hydrogen-bond donors (Lipinski definition) is 1. The summed E-state index contributed by atoms with van der Waals surface area (Å²) >= 11 is 0. The number of aromatic nitrogens is 1. The Morgan fingerprint density at radius 1 is 1.09 bits per heavy atom. The van der Waals surface area contributed by atoms with Crippen molar-refractivity contribution in [2.24, 2.45) is 0 Å². The van der Waals surface area contributed by atoms with Gasteiger partial charge in [0.15, 0.2) is 0 Å². The van der Waals surface area contributed by atoms with Crippen molar-refractivity contribution in [1.29, 1.82) is 0 Å². The van der Waals surface area contributed by atoms with Gasteiger partial charge in [0.2, 0.25) is 0 Å². The molecule has 2 aliphatic rings. The predicted molar refractivity (Wildman–Crippen MR) is 136 cm³/mol. The van der Waals surface area contributed by atoms with Crippen LogP contribution in [-0.4, -0.2) is 50.3 Å². The summed E-state index contributed by atoms with van der Waals surface area (Å²) in [5.41, 5.74) is 8.41. The third-order valence-electron chi connectivity index (χ3n) is 6.39. The molecule has 5 nitrogen and oxygen atoms in total. The quantitative estimate of drug-likeness (QED) is 0.633. The minimum Gasteiger partial charge on any atom is -0.382 e. The summed E-state index contributed by atoms with van der Waals surface area (Å²) < 4.78 is 14.7. The molecule has 1 N–H and O–H groups in total. The molecular formula is C26H36N4OS. The highest BCUT2D eigenvalue weighted by Gasteiger charge is 2.24. The minimum atomic E-state index is -0.824. The molecule has 2 aromatic rings. The second-order valence-corrected chi connectivity index (χ2v) is 10.8. The van der Waals surface area contributed by atoms with Crippen LogP contribution in [0, 0.1) is 13.8 Å². The monoisotopic (exact) mass is 452 g/mol. The van der Waals surface area contributed by atoms with Gasteiger partial charge < -0.3 is 10.2 Å². The van der Waals surface area contributed by atoms with Gasteiger partial charge >= 0.3 is 0 Å². The van der Waals surface area contributed by atoms with Crippen LogP contribution in [0.1, 0.15) is 55.1 Å². The lowest BCUT2D eigenvalue weighted by Crippen LogP contribution is -2.40. The van der Waals surface area contributed by atoms with E-state index in [1.54, 1.807) is 0 Å². The largest absolute Gasteiger partial charge is 0.382 e. The smallest absolute Gasteiger partial charge is 0.0942 e. The molecule has 1 unspecified atom stereocenters. The average molecular weight is 453 g/mol. The number of pyridine rings is 1. The summed E-state index contributed by atoms with van der Waals surface area (Å²) in [6.07, 6.45) is 8.56. The Hall–Kier alpha value is -2.18. The molecule has 1 aromatic carbocycles. The minimum absolute atomic E-state index is 0.408. The van der Waals surface area contributed by atoms with Crippen molar-refractivity contribution >= 4 is 22.7 Å². The molecule has 2 aliphatic heterocycles. The Labute approximate surface area is 195 Å². The molecule has 1 saturated heterocycles. The Bertz CT molecular complexity index is 991. The SMILES string of the molecule is CCCCS(=O)N1CCC(Nc2cc(-c3cc(C)nc(C)c3)cc3c2CN(C)C=C3)CC1. The first kappa shape index (κ1) is 23.0. The molecular weight excluding hydrogens is 416 g/mol. The molecule has 4 rings (SSSR count). The molecule has 1 fully saturated rings. The van der Waals surface area contributed by atoms with Gasteiger partial charge in [-0.15, -0.1) is 0 Å². The van der Waals surface area contributed by atoms with Gasteiger partial charge in [0.25, 0.3) is 0 Å². The van der Waals surface area contributed by atoms with E-state index >= 15 is 0 Å². The van der Waals surface area contributed by atoms with Crippen LogP contribution in [0.5, 0.6) is 0 Å². The van der Waals surface area contributed by atoms with E-state index < -0.39 is 11.0 Å². The maximum Gasteiger partial charge on any atom is 0.0942 e. The van der Waals surface area contributed by atoms with E-state index in [1.165, 1.54) is 27.9 Å². The third kappa shape index (κ3) is 5.41. The van der Waals surface area contributed by atoms with Crippen LogP contribution in [0.3, 0.4) is 0 Å². The Kier molecular flexibility index (Phi) is 7.31. The van der Waals surface area contributed by atoms with Gasteiger partial charge in [0.05, 0.1) is 11.0 Å². The van der Waals surface area contributed by atoms with Gasteiger partial charge in [-0.05, 0) is 86.3 Å². The summed E-state index contributed by atoms with van der Waals surface area (Å²) in [5.74, 6) is 0.799. The first-order chi connectivity index (χ1) is 15.4. The fourth-order valence-electron chi connectivity index (χ4n) is 4.65. The van der Waals surface area contributed by atoms with Crippen molar-refractivity contribution in [3.63, 3.8) is 0 Å². The van der Waals surface area contributed by atoms with Crippen LogP contribution in [0.4, 0.5) is 5.69 Å². The highest BCUT2D eigenvalue weighted by molar-refractivity contribution is 7.82. The number of benzene rings is 1. The van der Waals surface area contributed by atoms with Crippen molar-refractivity contribution in [3.05, 3.63) is 53.0 Å². The average Bonchev–Trinajstić information content (AvgIpc) is 2.77. The number of piperidine rings is 1. The molecule has 0 saturated carbocycles. The Balaban J connectivity index is 1.56. The maximum atomic E-state index is 12.5. The van der Waals surface area contributed by atoms with Gasteiger partial charge in [0, 0.05) is 61.1 Å². The number of anilines is 1. The summed E-state index contributed by atoms with van der Waals surface area (Å²) in [7, 11) is 1.30. The van der Waals surface area contributed by atoms with Crippen LogP contribution in [0.2, 0.25) is 0 Å². The molecule has 0 radical (unpaired) electrons. The van der Waals surface area contributed by atoms with Crippen molar-refractivity contribution in [2.45, 2.75) is 59.0 Å². The molecule has 172 valence electrons. The van der Waals surface area contributed by atoms with Gasteiger partial charge in [-0.2, -0.15) is 0 Å². The van der Waals surface area contributed by atoms with Gasteiger partial charge in [-0.3, -0.25) is 4.98 Å². The van der Waals surface area contributed by atoms with E-state index in [0.29, 0.717) is 6.04 Å². The lowest BCUT2D eigenvalue weighted by molar-refractivity contribution is 0.345. The number of aryl methyl sites for hydroxylation is 2. The lowest BCUT2D eigenvalue weighted by atomic mass is 9.94. The Morgan fingerprint density at radius 2 is 1.78 bits per heavy atom. The molecule has 32 heavy (non-hydrogen) atoms. The molecule has 0 aliphatic carbocycles.